The van der Waals surface area contributed by atoms with Crippen LogP contribution in [0, 0.1) is 0 Å². The van der Waals surface area contributed by atoms with Crippen molar-refractivity contribution in [3.8, 4) is 11.5 Å². The fraction of sp³-hybridized carbons (Fsp3) is 0.333. The second-order valence-corrected chi connectivity index (χ2v) is 7.69. The molecular formula is C21H22N2O3S. The molecule has 0 atom stereocenters. The Balaban J connectivity index is 1.48. The van der Waals surface area contributed by atoms with Crippen LogP contribution in [0.25, 0.3) is 10.2 Å². The van der Waals surface area contributed by atoms with Crippen molar-refractivity contribution in [3.05, 3.63) is 53.0 Å². The molecule has 0 N–H and O–H groups in total. The van der Waals surface area contributed by atoms with Crippen LogP contribution in [0.2, 0.25) is 0 Å². The van der Waals surface area contributed by atoms with Gasteiger partial charge in [-0.05, 0) is 37.1 Å². The molecule has 27 heavy (non-hydrogen) atoms. The molecule has 1 aromatic heterocycles. The topological polar surface area (TPSA) is 51.7 Å². The summed E-state index contributed by atoms with van der Waals surface area (Å²) in [6.45, 7) is 1.44. The highest BCUT2D eigenvalue weighted by Gasteiger charge is 2.28. The number of carbonyl (C=O) groups excluding carboxylic acids is 1. The van der Waals surface area contributed by atoms with Gasteiger partial charge in [-0.15, -0.1) is 11.3 Å². The van der Waals surface area contributed by atoms with E-state index in [1.165, 1.54) is 9.71 Å². The third kappa shape index (κ3) is 3.37. The van der Waals surface area contributed by atoms with Crippen molar-refractivity contribution in [3.63, 3.8) is 0 Å². The van der Waals surface area contributed by atoms with Crippen LogP contribution in [0.15, 0.2) is 42.5 Å². The van der Waals surface area contributed by atoms with Gasteiger partial charge < -0.3 is 14.4 Å². The first-order valence-corrected chi connectivity index (χ1v) is 9.88. The molecule has 1 aliphatic heterocycles. The Morgan fingerprint density at radius 3 is 2.56 bits per heavy atom. The molecule has 0 spiro atoms. The molecule has 0 radical (unpaired) electrons. The number of amides is 1. The van der Waals surface area contributed by atoms with Gasteiger partial charge in [-0.25, -0.2) is 4.98 Å². The number of hydrogen-bond acceptors (Lipinski definition) is 5. The largest absolute Gasteiger partial charge is 0.493 e. The fourth-order valence-corrected chi connectivity index (χ4v) is 4.76. The van der Waals surface area contributed by atoms with Crippen LogP contribution in [0.5, 0.6) is 11.5 Å². The molecule has 140 valence electrons. The van der Waals surface area contributed by atoms with E-state index in [-0.39, 0.29) is 5.91 Å². The monoisotopic (exact) mass is 382 g/mol. The van der Waals surface area contributed by atoms with Crippen LogP contribution in [0.3, 0.4) is 0 Å². The molecule has 1 fully saturated rings. The zero-order chi connectivity index (χ0) is 18.8. The van der Waals surface area contributed by atoms with Gasteiger partial charge in [0.05, 0.1) is 35.0 Å². The van der Waals surface area contributed by atoms with Crippen LogP contribution >= 0.6 is 11.3 Å². The average molecular weight is 382 g/mol. The van der Waals surface area contributed by atoms with E-state index in [1.54, 1.807) is 37.7 Å². The molecule has 0 saturated carbocycles. The van der Waals surface area contributed by atoms with E-state index in [0.29, 0.717) is 23.0 Å². The summed E-state index contributed by atoms with van der Waals surface area (Å²) in [4.78, 5) is 19.7. The summed E-state index contributed by atoms with van der Waals surface area (Å²) in [6.07, 6.45) is 1.86. The molecule has 0 aliphatic carbocycles. The number of methoxy groups -OCH3 is 2. The van der Waals surface area contributed by atoms with Gasteiger partial charge in [0.2, 0.25) is 0 Å². The van der Waals surface area contributed by atoms with Gasteiger partial charge >= 0.3 is 0 Å². The number of nitrogens with zero attached hydrogens (tertiary/aromatic N) is 2. The van der Waals surface area contributed by atoms with E-state index in [9.17, 15) is 4.79 Å². The summed E-state index contributed by atoms with van der Waals surface area (Å²) < 4.78 is 12.0. The molecule has 2 aromatic carbocycles. The van der Waals surface area contributed by atoms with Crippen LogP contribution < -0.4 is 9.47 Å². The van der Waals surface area contributed by atoms with Gasteiger partial charge in [-0.3, -0.25) is 4.79 Å². The number of benzene rings is 2. The summed E-state index contributed by atoms with van der Waals surface area (Å²) in [5.41, 5.74) is 1.62. The Bertz CT molecular complexity index is 928. The molecule has 2 heterocycles. The van der Waals surface area contributed by atoms with Gasteiger partial charge in [0.15, 0.2) is 11.5 Å². The Morgan fingerprint density at radius 1 is 1.07 bits per heavy atom. The summed E-state index contributed by atoms with van der Waals surface area (Å²) in [5.74, 6) is 1.48. The van der Waals surface area contributed by atoms with Crippen molar-refractivity contribution < 1.29 is 14.3 Å². The molecule has 0 unspecified atom stereocenters. The maximum absolute atomic E-state index is 13.0. The Hall–Kier alpha value is -2.60. The number of carbonyl (C=O) groups is 1. The van der Waals surface area contributed by atoms with Crippen molar-refractivity contribution >= 4 is 27.5 Å². The minimum absolute atomic E-state index is 0.00602. The van der Waals surface area contributed by atoms with Crippen molar-refractivity contribution in [2.24, 2.45) is 0 Å². The summed E-state index contributed by atoms with van der Waals surface area (Å²) in [7, 11) is 3.14. The zero-order valence-corrected chi connectivity index (χ0v) is 16.3. The number of rotatable bonds is 4. The van der Waals surface area contributed by atoms with E-state index < -0.39 is 0 Å². The summed E-state index contributed by atoms with van der Waals surface area (Å²) >= 11 is 1.77. The predicted molar refractivity (Wildman–Crippen MR) is 107 cm³/mol. The lowest BCUT2D eigenvalue weighted by atomic mass is 9.97. The molecule has 4 rings (SSSR count). The first kappa shape index (κ1) is 17.8. The second kappa shape index (κ2) is 7.56. The van der Waals surface area contributed by atoms with Gasteiger partial charge in [0.25, 0.3) is 5.91 Å². The number of likely N-dealkylation sites (tertiary alicyclic amines) is 1. The fourth-order valence-electron chi connectivity index (χ4n) is 3.62. The number of ether oxygens (including phenoxy) is 2. The molecule has 1 amide bonds. The molecule has 3 aromatic rings. The van der Waals surface area contributed by atoms with Gasteiger partial charge in [-0.2, -0.15) is 0 Å². The molecular weight excluding hydrogens is 360 g/mol. The Labute approximate surface area is 162 Å². The molecule has 1 aliphatic rings. The highest BCUT2D eigenvalue weighted by Crippen LogP contribution is 2.36. The number of piperidine rings is 1. The van der Waals surface area contributed by atoms with E-state index >= 15 is 0 Å². The van der Waals surface area contributed by atoms with Crippen molar-refractivity contribution in [1.29, 1.82) is 0 Å². The predicted octanol–water partition coefficient (Wildman–Crippen LogP) is 4.33. The third-order valence-corrected chi connectivity index (χ3v) is 6.27. The molecule has 0 bridgehead atoms. The van der Waals surface area contributed by atoms with Crippen molar-refractivity contribution in [2.75, 3.05) is 27.3 Å². The van der Waals surface area contributed by atoms with Gasteiger partial charge in [-0.1, -0.05) is 18.2 Å². The van der Waals surface area contributed by atoms with E-state index in [1.807, 2.05) is 23.1 Å². The van der Waals surface area contributed by atoms with E-state index in [4.69, 9.17) is 14.5 Å². The minimum Gasteiger partial charge on any atom is -0.493 e. The van der Waals surface area contributed by atoms with Crippen LogP contribution in [0.4, 0.5) is 0 Å². The lowest BCUT2D eigenvalue weighted by Gasteiger charge is -2.31. The highest BCUT2D eigenvalue weighted by atomic mass is 32.1. The maximum Gasteiger partial charge on any atom is 0.257 e. The Kier molecular flexibility index (Phi) is 4.99. The van der Waals surface area contributed by atoms with E-state index in [2.05, 4.69) is 12.1 Å². The smallest absolute Gasteiger partial charge is 0.257 e. The van der Waals surface area contributed by atoms with Crippen LogP contribution in [-0.4, -0.2) is 43.1 Å². The highest BCUT2D eigenvalue weighted by molar-refractivity contribution is 7.18. The quantitative estimate of drug-likeness (QED) is 0.674. The summed E-state index contributed by atoms with van der Waals surface area (Å²) in [5, 5.41) is 1.18. The minimum atomic E-state index is -0.00602. The zero-order valence-electron chi connectivity index (χ0n) is 15.5. The van der Waals surface area contributed by atoms with Crippen molar-refractivity contribution in [2.45, 2.75) is 18.8 Å². The number of para-hydroxylation sites is 2. The van der Waals surface area contributed by atoms with Gasteiger partial charge in [0.1, 0.15) is 0 Å². The van der Waals surface area contributed by atoms with Crippen LogP contribution in [-0.2, 0) is 0 Å². The summed E-state index contributed by atoms with van der Waals surface area (Å²) in [6, 6.07) is 13.7. The lowest BCUT2D eigenvalue weighted by Crippen LogP contribution is -2.38. The Morgan fingerprint density at radius 2 is 1.85 bits per heavy atom. The van der Waals surface area contributed by atoms with Crippen LogP contribution in [0.1, 0.15) is 34.1 Å². The second-order valence-electron chi connectivity index (χ2n) is 6.63. The number of hydrogen-bond donors (Lipinski definition) is 0. The van der Waals surface area contributed by atoms with Gasteiger partial charge in [0, 0.05) is 19.0 Å². The standard InChI is InChI=1S/C21H22N2O3S/c1-25-17-8-5-6-15(19(17)26-2)21(24)23-12-10-14(11-13-23)20-22-16-7-3-4-9-18(16)27-20/h3-9,14H,10-13H2,1-2H3. The number of fused-ring (bicyclic) bond motifs is 1. The maximum atomic E-state index is 13.0. The van der Waals surface area contributed by atoms with E-state index in [0.717, 1.165) is 31.4 Å². The van der Waals surface area contributed by atoms with Crippen molar-refractivity contribution in [1.82, 2.24) is 9.88 Å². The number of aromatic nitrogens is 1. The normalized spacial score (nSPS) is 15.1. The number of thiazole rings is 1. The molecule has 6 heteroatoms. The lowest BCUT2D eigenvalue weighted by molar-refractivity contribution is 0.0709. The first-order chi connectivity index (χ1) is 13.2. The molecule has 5 nitrogen and oxygen atoms in total. The first-order valence-electron chi connectivity index (χ1n) is 9.07. The average Bonchev–Trinajstić information content (AvgIpc) is 3.17. The SMILES string of the molecule is COc1cccc(C(=O)N2CCC(c3nc4ccccc4s3)CC2)c1OC. The third-order valence-electron chi connectivity index (χ3n) is 5.08. The molecule has 1 saturated heterocycles.